The summed E-state index contributed by atoms with van der Waals surface area (Å²) in [5.41, 5.74) is 0.544. The van der Waals surface area contributed by atoms with Crippen LogP contribution in [-0.4, -0.2) is 24.4 Å². The first-order chi connectivity index (χ1) is 16.0. The molecule has 174 valence electrons. The molecule has 8 nitrogen and oxygen atoms in total. The Labute approximate surface area is 208 Å². The third-order valence-electron chi connectivity index (χ3n) is 4.89. The number of anilines is 1. The second kappa shape index (κ2) is 9.30. The summed E-state index contributed by atoms with van der Waals surface area (Å²) in [7, 11) is -3.82. The predicted molar refractivity (Wildman–Crippen MR) is 131 cm³/mol. The number of sulfone groups is 1. The number of halogens is 2. The second-order valence-corrected chi connectivity index (χ2v) is 11.1. The quantitative estimate of drug-likeness (QED) is 0.244. The smallest absolute Gasteiger partial charge is 0.311 e. The van der Waals surface area contributed by atoms with Crippen LogP contribution >= 0.6 is 35.0 Å². The summed E-state index contributed by atoms with van der Waals surface area (Å²) in [5, 5.41) is 23.8. The monoisotopic (exact) mass is 536 g/mol. The number of hydrogen-bond donors (Lipinski definition) is 2. The van der Waals surface area contributed by atoms with E-state index in [9.17, 15) is 28.4 Å². The molecule has 0 aromatic heterocycles. The number of carbonyl (C=O) groups is 1. The molecule has 0 aliphatic carbocycles. The van der Waals surface area contributed by atoms with Gasteiger partial charge in [0.25, 0.3) is 5.91 Å². The molecule has 0 saturated heterocycles. The lowest BCUT2D eigenvalue weighted by molar-refractivity contribution is -0.385. The van der Waals surface area contributed by atoms with Crippen molar-refractivity contribution in [3.8, 4) is 5.75 Å². The Kier molecular flexibility index (Phi) is 6.59. The van der Waals surface area contributed by atoms with Crippen molar-refractivity contribution in [1.82, 2.24) is 0 Å². The fraction of sp³-hybridized carbons (Fsp3) is 0.0455. The molecule has 1 aliphatic rings. The second-order valence-electron chi connectivity index (χ2n) is 7.19. The summed E-state index contributed by atoms with van der Waals surface area (Å²) >= 11 is 13.3. The lowest BCUT2D eigenvalue weighted by Gasteiger charge is -2.19. The van der Waals surface area contributed by atoms with E-state index in [1.807, 2.05) is 0 Å². The van der Waals surface area contributed by atoms with Gasteiger partial charge in [0.05, 0.1) is 26.2 Å². The highest BCUT2D eigenvalue weighted by Gasteiger charge is 2.25. The number of carbonyl (C=O) groups excluding carboxylic acids is 1. The maximum absolute atomic E-state index is 13.0. The topological polar surface area (TPSA) is 127 Å². The van der Waals surface area contributed by atoms with Crippen LogP contribution in [0.4, 0.5) is 11.4 Å². The fourth-order valence-electron chi connectivity index (χ4n) is 3.20. The van der Waals surface area contributed by atoms with Gasteiger partial charge in [-0.25, -0.2) is 8.42 Å². The number of nitro benzene ring substituents is 1. The summed E-state index contributed by atoms with van der Waals surface area (Å²) in [6.07, 6.45) is 1.42. The summed E-state index contributed by atoms with van der Waals surface area (Å²) in [6.45, 7) is 0. The molecule has 4 rings (SSSR count). The summed E-state index contributed by atoms with van der Waals surface area (Å²) < 4.78 is 26.1. The first-order valence-corrected chi connectivity index (χ1v) is 12.8. The molecule has 0 bridgehead atoms. The van der Waals surface area contributed by atoms with Gasteiger partial charge in [0.15, 0.2) is 15.6 Å². The average Bonchev–Trinajstić information content (AvgIpc) is 2.77. The van der Waals surface area contributed by atoms with E-state index in [4.69, 9.17) is 23.2 Å². The van der Waals surface area contributed by atoms with Crippen molar-refractivity contribution < 1.29 is 23.2 Å². The third-order valence-corrected chi connectivity index (χ3v) is 8.32. The molecule has 1 aliphatic heterocycles. The molecular weight excluding hydrogens is 523 g/mol. The number of hydrogen-bond acceptors (Lipinski definition) is 7. The lowest BCUT2D eigenvalue weighted by Crippen LogP contribution is -2.17. The zero-order chi connectivity index (χ0) is 24.6. The van der Waals surface area contributed by atoms with Crippen LogP contribution in [0.25, 0.3) is 6.08 Å². The maximum atomic E-state index is 13.0. The van der Waals surface area contributed by atoms with Gasteiger partial charge in [0, 0.05) is 26.6 Å². The Balaban J connectivity index is 1.67. The minimum Gasteiger partial charge on any atom is -0.502 e. The number of aromatic hydroxyl groups is 1. The number of rotatable bonds is 5. The van der Waals surface area contributed by atoms with E-state index < -0.39 is 37.9 Å². The number of phenolic OH excluding ortho intramolecular Hbond substituents is 1. The highest BCUT2D eigenvalue weighted by atomic mass is 35.5. The van der Waals surface area contributed by atoms with Crippen LogP contribution < -0.4 is 5.32 Å². The van der Waals surface area contributed by atoms with Crippen LogP contribution in [-0.2, 0) is 20.4 Å². The number of nitrogens with one attached hydrogen (secondary N) is 1. The summed E-state index contributed by atoms with van der Waals surface area (Å²) in [5.74, 6) is -1.35. The van der Waals surface area contributed by atoms with Crippen LogP contribution in [0.2, 0.25) is 10.0 Å². The first-order valence-electron chi connectivity index (χ1n) is 9.53. The van der Waals surface area contributed by atoms with Crippen LogP contribution in [0.15, 0.2) is 69.3 Å². The number of fused-ring (bicyclic) bond motifs is 1. The van der Waals surface area contributed by atoms with E-state index in [0.29, 0.717) is 21.7 Å². The molecule has 0 unspecified atom stereocenters. The van der Waals surface area contributed by atoms with E-state index in [1.165, 1.54) is 30.3 Å². The molecule has 1 amide bonds. The van der Waals surface area contributed by atoms with Gasteiger partial charge in [-0.2, -0.15) is 0 Å². The van der Waals surface area contributed by atoms with Gasteiger partial charge < -0.3 is 10.4 Å². The van der Waals surface area contributed by atoms with Crippen molar-refractivity contribution in [2.24, 2.45) is 0 Å². The van der Waals surface area contributed by atoms with E-state index in [2.05, 4.69) is 5.32 Å². The zero-order valence-corrected chi connectivity index (χ0v) is 20.1. The van der Waals surface area contributed by atoms with Crippen molar-refractivity contribution in [3.05, 3.63) is 90.8 Å². The van der Waals surface area contributed by atoms with Gasteiger partial charge in [0.1, 0.15) is 0 Å². The number of nitrogens with zero attached hydrogens (tertiary/aromatic N) is 1. The molecule has 3 aromatic rings. The Morgan fingerprint density at radius 2 is 1.79 bits per heavy atom. The van der Waals surface area contributed by atoms with Gasteiger partial charge in [-0.15, -0.1) is 0 Å². The first kappa shape index (κ1) is 24.1. The standard InChI is InChI=1S/C22H14Cl2N2O6S2/c23-15-2-1-3-16(24)14(15)11-34(31,32)13-5-6-17-20(10-13)33-21(22(28)25-17)9-12-4-7-19(27)18(8-12)26(29)30/h1-10,27H,11H2,(H,25,28). The van der Waals surface area contributed by atoms with Gasteiger partial charge in [-0.3, -0.25) is 14.9 Å². The Morgan fingerprint density at radius 3 is 2.47 bits per heavy atom. The molecule has 0 fully saturated rings. The van der Waals surface area contributed by atoms with E-state index in [1.54, 1.807) is 18.2 Å². The van der Waals surface area contributed by atoms with Gasteiger partial charge in [-0.05, 0) is 48.0 Å². The third kappa shape index (κ3) is 4.90. The normalized spacial score (nSPS) is 14.5. The minimum atomic E-state index is -3.82. The maximum Gasteiger partial charge on any atom is 0.311 e. The zero-order valence-electron chi connectivity index (χ0n) is 17.0. The molecule has 1 heterocycles. The van der Waals surface area contributed by atoms with Crippen molar-refractivity contribution in [2.45, 2.75) is 15.5 Å². The molecule has 2 N–H and O–H groups in total. The predicted octanol–water partition coefficient (Wildman–Crippen LogP) is 5.67. The number of benzene rings is 3. The Bertz CT molecular complexity index is 1470. The summed E-state index contributed by atoms with van der Waals surface area (Å²) in [6, 6.07) is 12.8. The molecule has 0 atom stereocenters. The van der Waals surface area contributed by atoms with Crippen molar-refractivity contribution in [3.63, 3.8) is 0 Å². The van der Waals surface area contributed by atoms with Crippen LogP contribution in [0.5, 0.6) is 5.75 Å². The number of amides is 1. The minimum absolute atomic E-state index is 0.0190. The number of phenols is 1. The SMILES string of the molecule is O=C1Nc2ccc(S(=O)(=O)Cc3c(Cl)cccc3Cl)cc2SC1=Cc1ccc(O)c([N+](=O)[O-])c1. The Hall–Kier alpha value is -3.05. The van der Waals surface area contributed by atoms with Crippen LogP contribution in [0.1, 0.15) is 11.1 Å². The molecule has 34 heavy (non-hydrogen) atoms. The average molecular weight is 537 g/mol. The molecule has 3 aromatic carbocycles. The molecule has 0 saturated carbocycles. The molecule has 0 spiro atoms. The highest BCUT2D eigenvalue weighted by Crippen LogP contribution is 2.41. The van der Waals surface area contributed by atoms with E-state index in [-0.39, 0.29) is 19.8 Å². The van der Waals surface area contributed by atoms with Crippen LogP contribution in [0.3, 0.4) is 0 Å². The summed E-state index contributed by atoms with van der Waals surface area (Å²) in [4.78, 5) is 23.5. The lowest BCUT2D eigenvalue weighted by atomic mass is 10.1. The van der Waals surface area contributed by atoms with Gasteiger partial charge in [-0.1, -0.05) is 47.1 Å². The molecular formula is C22H14Cl2N2O6S2. The van der Waals surface area contributed by atoms with Crippen molar-refractivity contribution in [2.75, 3.05) is 5.32 Å². The number of nitro groups is 1. The van der Waals surface area contributed by atoms with Gasteiger partial charge >= 0.3 is 5.69 Å². The largest absolute Gasteiger partial charge is 0.502 e. The van der Waals surface area contributed by atoms with Crippen molar-refractivity contribution >= 4 is 68.2 Å². The van der Waals surface area contributed by atoms with Crippen molar-refractivity contribution in [1.29, 1.82) is 0 Å². The van der Waals surface area contributed by atoms with E-state index >= 15 is 0 Å². The molecule has 0 radical (unpaired) electrons. The van der Waals surface area contributed by atoms with Gasteiger partial charge in [0.2, 0.25) is 0 Å². The Morgan fingerprint density at radius 1 is 1.09 bits per heavy atom. The number of thioether (sulfide) groups is 1. The highest BCUT2D eigenvalue weighted by molar-refractivity contribution is 8.04. The van der Waals surface area contributed by atoms with Crippen LogP contribution in [0, 0.1) is 10.1 Å². The fourth-order valence-corrected chi connectivity index (χ4v) is 6.38. The molecule has 12 heteroatoms. The van der Waals surface area contributed by atoms with E-state index in [0.717, 1.165) is 23.9 Å².